The maximum atomic E-state index is 12.6. The number of nitrogens with one attached hydrogen (secondary N) is 1. The molecule has 0 spiro atoms. The van der Waals surface area contributed by atoms with Crippen molar-refractivity contribution in [2.75, 3.05) is 20.1 Å². The van der Waals surface area contributed by atoms with Crippen LogP contribution in [0, 0.1) is 20.8 Å². The summed E-state index contributed by atoms with van der Waals surface area (Å²) in [5.41, 5.74) is 2.75. The first-order chi connectivity index (χ1) is 8.34. The Labute approximate surface area is 121 Å². The summed E-state index contributed by atoms with van der Waals surface area (Å²) >= 11 is 0. The van der Waals surface area contributed by atoms with E-state index in [9.17, 15) is 8.42 Å². The molecule has 6 heteroatoms. The van der Waals surface area contributed by atoms with E-state index >= 15 is 0 Å². The maximum absolute atomic E-state index is 12.6. The van der Waals surface area contributed by atoms with E-state index in [1.165, 1.54) is 4.31 Å². The lowest BCUT2D eigenvalue weighted by molar-refractivity contribution is 0.274. The van der Waals surface area contributed by atoms with E-state index in [1.54, 1.807) is 7.05 Å². The zero-order valence-corrected chi connectivity index (χ0v) is 13.4. The van der Waals surface area contributed by atoms with Gasteiger partial charge in [-0.2, -0.15) is 4.31 Å². The summed E-state index contributed by atoms with van der Waals surface area (Å²) in [6.07, 6.45) is 0. The molecular formula is C13H21ClN2O2S. The smallest absolute Gasteiger partial charge is 0.243 e. The number of nitrogens with zero attached hydrogens (tertiary/aromatic N) is 1. The molecule has 0 unspecified atom stereocenters. The number of benzene rings is 1. The Morgan fingerprint density at radius 3 is 2.00 bits per heavy atom. The summed E-state index contributed by atoms with van der Waals surface area (Å²) in [6.45, 7) is 7.18. The van der Waals surface area contributed by atoms with E-state index in [-0.39, 0.29) is 18.4 Å². The third-order valence-electron chi connectivity index (χ3n) is 3.52. The molecule has 0 bridgehead atoms. The average molecular weight is 305 g/mol. The van der Waals surface area contributed by atoms with Crippen molar-refractivity contribution in [1.82, 2.24) is 9.62 Å². The monoisotopic (exact) mass is 304 g/mol. The average Bonchev–Trinajstić information content (AvgIpc) is 2.11. The molecule has 1 N–H and O–H groups in total. The Morgan fingerprint density at radius 1 is 1.16 bits per heavy atom. The number of sulfonamides is 1. The van der Waals surface area contributed by atoms with Crippen molar-refractivity contribution in [3.8, 4) is 0 Å². The second kappa shape index (κ2) is 5.79. The molecule has 1 heterocycles. The molecule has 1 saturated heterocycles. The molecule has 0 aromatic heterocycles. The normalized spacial score (nSPS) is 16.1. The van der Waals surface area contributed by atoms with Gasteiger partial charge in [0.1, 0.15) is 0 Å². The Bertz CT molecular complexity index is 545. The highest BCUT2D eigenvalue weighted by Gasteiger charge is 2.33. The highest BCUT2D eigenvalue weighted by Crippen LogP contribution is 2.26. The van der Waals surface area contributed by atoms with Crippen molar-refractivity contribution in [2.45, 2.75) is 31.7 Å². The third-order valence-corrected chi connectivity index (χ3v) is 5.73. The van der Waals surface area contributed by atoms with Gasteiger partial charge in [-0.25, -0.2) is 8.42 Å². The van der Waals surface area contributed by atoms with Gasteiger partial charge in [0.2, 0.25) is 10.0 Å². The van der Waals surface area contributed by atoms with Crippen LogP contribution in [0.1, 0.15) is 16.7 Å². The van der Waals surface area contributed by atoms with Gasteiger partial charge in [-0.15, -0.1) is 12.4 Å². The molecule has 0 aliphatic carbocycles. The van der Waals surface area contributed by atoms with E-state index in [4.69, 9.17) is 0 Å². The molecule has 0 saturated carbocycles. The van der Waals surface area contributed by atoms with E-state index in [2.05, 4.69) is 5.32 Å². The fourth-order valence-electron chi connectivity index (χ4n) is 2.44. The summed E-state index contributed by atoms with van der Waals surface area (Å²) in [6, 6.07) is 3.93. The van der Waals surface area contributed by atoms with Crippen molar-refractivity contribution in [1.29, 1.82) is 0 Å². The van der Waals surface area contributed by atoms with Crippen LogP contribution in [0.5, 0.6) is 0 Å². The van der Waals surface area contributed by atoms with E-state index in [0.717, 1.165) is 29.8 Å². The van der Waals surface area contributed by atoms with Gasteiger partial charge in [0, 0.05) is 26.2 Å². The SMILES string of the molecule is Cc1cc(C)c(S(=O)(=O)N(C)C2CNC2)c(C)c1.Cl. The zero-order chi connectivity index (χ0) is 13.5. The molecule has 0 atom stereocenters. The summed E-state index contributed by atoms with van der Waals surface area (Å²) < 4.78 is 26.7. The highest BCUT2D eigenvalue weighted by molar-refractivity contribution is 7.89. The Morgan fingerprint density at radius 2 is 1.63 bits per heavy atom. The van der Waals surface area contributed by atoms with Crippen molar-refractivity contribution >= 4 is 22.4 Å². The van der Waals surface area contributed by atoms with Crippen LogP contribution in [0.25, 0.3) is 0 Å². The quantitative estimate of drug-likeness (QED) is 0.923. The predicted molar refractivity (Wildman–Crippen MR) is 79.5 cm³/mol. The lowest BCUT2D eigenvalue weighted by Gasteiger charge is -2.35. The molecule has 1 aliphatic rings. The molecule has 1 aromatic rings. The van der Waals surface area contributed by atoms with E-state index < -0.39 is 10.0 Å². The number of halogens is 1. The molecule has 2 rings (SSSR count). The lowest BCUT2D eigenvalue weighted by atomic mass is 10.1. The number of hydrogen-bond acceptors (Lipinski definition) is 3. The van der Waals surface area contributed by atoms with Crippen LogP contribution >= 0.6 is 12.4 Å². The number of aryl methyl sites for hydroxylation is 3. The summed E-state index contributed by atoms with van der Waals surface area (Å²) in [4.78, 5) is 0.461. The van der Waals surface area contributed by atoms with Crippen LogP contribution in [-0.2, 0) is 10.0 Å². The topological polar surface area (TPSA) is 49.4 Å². The molecule has 1 aromatic carbocycles. The lowest BCUT2D eigenvalue weighted by Crippen LogP contribution is -2.57. The second-order valence-corrected chi connectivity index (χ2v) is 7.00. The molecule has 19 heavy (non-hydrogen) atoms. The van der Waals surface area contributed by atoms with Gasteiger partial charge in [-0.3, -0.25) is 0 Å². The maximum Gasteiger partial charge on any atom is 0.243 e. The Hall–Kier alpha value is -0.620. The molecule has 0 radical (unpaired) electrons. The molecule has 1 aliphatic heterocycles. The van der Waals surface area contributed by atoms with Crippen LogP contribution < -0.4 is 5.32 Å². The van der Waals surface area contributed by atoms with Gasteiger partial charge in [-0.05, 0) is 31.9 Å². The third kappa shape index (κ3) is 2.94. The minimum Gasteiger partial charge on any atom is -0.313 e. The molecule has 108 valence electrons. The van der Waals surface area contributed by atoms with Crippen LogP contribution in [0.3, 0.4) is 0 Å². The molecular weight excluding hydrogens is 284 g/mol. The number of hydrogen-bond donors (Lipinski definition) is 1. The van der Waals surface area contributed by atoms with Crippen LogP contribution in [0.2, 0.25) is 0 Å². The van der Waals surface area contributed by atoms with Gasteiger partial charge in [0.15, 0.2) is 0 Å². The van der Waals surface area contributed by atoms with Crippen LogP contribution in [0.4, 0.5) is 0 Å². The number of likely N-dealkylation sites (N-methyl/N-ethyl adjacent to an activating group) is 1. The first kappa shape index (κ1) is 16.4. The minimum atomic E-state index is -3.38. The number of rotatable bonds is 3. The van der Waals surface area contributed by atoms with Crippen molar-refractivity contribution in [2.24, 2.45) is 0 Å². The summed E-state index contributed by atoms with van der Waals surface area (Å²) in [7, 11) is -1.72. The fourth-order valence-corrected chi connectivity index (χ4v) is 4.21. The molecule has 1 fully saturated rings. The standard InChI is InChI=1S/C13H20N2O2S.ClH/c1-9-5-10(2)13(11(3)6-9)18(16,17)15(4)12-7-14-8-12;/h5-6,12,14H,7-8H2,1-4H3;1H. The van der Waals surface area contributed by atoms with Crippen molar-refractivity contribution in [3.05, 3.63) is 28.8 Å². The Balaban J connectivity index is 0.00000180. The van der Waals surface area contributed by atoms with Crippen molar-refractivity contribution < 1.29 is 8.42 Å². The second-order valence-electron chi connectivity index (χ2n) is 5.06. The minimum absolute atomic E-state index is 0. The van der Waals surface area contributed by atoms with Crippen LogP contribution in [-0.4, -0.2) is 38.9 Å². The molecule has 4 nitrogen and oxygen atoms in total. The van der Waals surface area contributed by atoms with Crippen LogP contribution in [0.15, 0.2) is 17.0 Å². The van der Waals surface area contributed by atoms with Crippen molar-refractivity contribution in [3.63, 3.8) is 0 Å². The van der Waals surface area contributed by atoms with Gasteiger partial charge in [-0.1, -0.05) is 17.7 Å². The van der Waals surface area contributed by atoms with Gasteiger partial charge in [0.05, 0.1) is 4.90 Å². The van der Waals surface area contributed by atoms with Gasteiger partial charge >= 0.3 is 0 Å². The fraction of sp³-hybridized carbons (Fsp3) is 0.538. The predicted octanol–water partition coefficient (Wildman–Crippen LogP) is 1.63. The first-order valence-electron chi connectivity index (χ1n) is 6.10. The first-order valence-corrected chi connectivity index (χ1v) is 7.54. The van der Waals surface area contributed by atoms with E-state index in [1.807, 2.05) is 32.9 Å². The highest BCUT2D eigenvalue weighted by atomic mass is 35.5. The summed E-state index contributed by atoms with van der Waals surface area (Å²) in [5, 5.41) is 3.10. The summed E-state index contributed by atoms with van der Waals surface area (Å²) in [5.74, 6) is 0. The Kier molecular flexibility index (Phi) is 5.01. The van der Waals surface area contributed by atoms with E-state index in [0.29, 0.717) is 4.90 Å². The van der Waals surface area contributed by atoms with Gasteiger partial charge in [0.25, 0.3) is 0 Å². The molecule has 0 amide bonds. The van der Waals surface area contributed by atoms with Gasteiger partial charge < -0.3 is 5.32 Å². The largest absolute Gasteiger partial charge is 0.313 e. The zero-order valence-electron chi connectivity index (χ0n) is 11.7.